The molecule has 1 heterocycles. The number of aromatic nitrogens is 2. The lowest BCUT2D eigenvalue weighted by Crippen LogP contribution is -2.07. The third-order valence-corrected chi connectivity index (χ3v) is 4.89. The van der Waals surface area contributed by atoms with E-state index < -0.39 is 0 Å². The highest BCUT2D eigenvalue weighted by Crippen LogP contribution is 2.24. The summed E-state index contributed by atoms with van der Waals surface area (Å²) in [6, 6.07) is 23.7. The van der Waals surface area contributed by atoms with Crippen LogP contribution >= 0.6 is 11.8 Å². The fraction of sp³-hybridized carbons (Fsp3) is 0.0952. The minimum absolute atomic E-state index is 0.0308. The first-order chi connectivity index (χ1) is 13.3. The lowest BCUT2D eigenvalue weighted by atomic mass is 10.1. The summed E-state index contributed by atoms with van der Waals surface area (Å²) in [6.07, 6.45) is 0. The second-order valence-electron chi connectivity index (χ2n) is 5.83. The first kappa shape index (κ1) is 17.3. The molecule has 134 valence electrons. The van der Waals surface area contributed by atoms with Crippen LogP contribution in [0.25, 0.3) is 22.2 Å². The maximum atomic E-state index is 12.0. The number of ether oxygens (including phenoxy) is 1. The SMILES string of the molecule is O=C(CSc1ccc2ccccc2c1)OCc1nnc(-c2ccccc2)o1. The zero-order chi connectivity index (χ0) is 18.5. The molecule has 0 saturated heterocycles. The summed E-state index contributed by atoms with van der Waals surface area (Å²) in [5.74, 6) is 0.579. The van der Waals surface area contributed by atoms with Crippen LogP contribution in [0.3, 0.4) is 0 Å². The van der Waals surface area contributed by atoms with Crippen molar-refractivity contribution in [2.75, 3.05) is 5.75 Å². The first-order valence-corrected chi connectivity index (χ1v) is 9.41. The molecule has 0 aliphatic heterocycles. The summed E-state index contributed by atoms with van der Waals surface area (Å²) in [4.78, 5) is 13.0. The van der Waals surface area contributed by atoms with Crippen LogP contribution < -0.4 is 0 Å². The molecule has 0 saturated carbocycles. The van der Waals surface area contributed by atoms with Gasteiger partial charge in [0, 0.05) is 10.5 Å². The molecule has 5 nitrogen and oxygen atoms in total. The molecule has 3 aromatic carbocycles. The van der Waals surface area contributed by atoms with Gasteiger partial charge in [0.1, 0.15) is 0 Å². The van der Waals surface area contributed by atoms with Crippen LogP contribution in [0.1, 0.15) is 5.89 Å². The lowest BCUT2D eigenvalue weighted by molar-refractivity contribution is -0.142. The molecule has 0 aliphatic carbocycles. The van der Waals surface area contributed by atoms with Crippen LogP contribution in [-0.2, 0) is 16.1 Å². The molecule has 0 spiro atoms. The molecule has 0 radical (unpaired) electrons. The van der Waals surface area contributed by atoms with Crippen molar-refractivity contribution in [3.8, 4) is 11.5 Å². The summed E-state index contributed by atoms with van der Waals surface area (Å²) >= 11 is 1.44. The van der Waals surface area contributed by atoms with E-state index in [-0.39, 0.29) is 24.2 Å². The van der Waals surface area contributed by atoms with Crippen LogP contribution in [0.4, 0.5) is 0 Å². The number of rotatable bonds is 6. The third-order valence-electron chi connectivity index (χ3n) is 3.92. The highest BCUT2D eigenvalue weighted by Gasteiger charge is 2.11. The Hall–Kier alpha value is -3.12. The molecule has 0 aliphatic rings. The van der Waals surface area contributed by atoms with Gasteiger partial charge in [0.15, 0.2) is 6.61 Å². The fourth-order valence-corrected chi connectivity index (χ4v) is 3.34. The molecule has 0 amide bonds. The van der Waals surface area contributed by atoms with Gasteiger partial charge in [-0.05, 0) is 35.0 Å². The van der Waals surface area contributed by atoms with Crippen molar-refractivity contribution in [3.63, 3.8) is 0 Å². The molecule has 0 bridgehead atoms. The van der Waals surface area contributed by atoms with Gasteiger partial charge in [0.05, 0.1) is 5.75 Å². The Labute approximate surface area is 160 Å². The van der Waals surface area contributed by atoms with Crippen LogP contribution in [0.5, 0.6) is 0 Å². The monoisotopic (exact) mass is 376 g/mol. The number of hydrogen-bond donors (Lipinski definition) is 0. The minimum atomic E-state index is -0.326. The van der Waals surface area contributed by atoms with E-state index in [1.165, 1.54) is 17.1 Å². The van der Waals surface area contributed by atoms with Gasteiger partial charge in [-0.1, -0.05) is 48.5 Å². The topological polar surface area (TPSA) is 65.2 Å². The Morgan fingerprint density at radius 1 is 0.926 bits per heavy atom. The third kappa shape index (κ3) is 4.35. The van der Waals surface area contributed by atoms with Crippen LogP contribution in [-0.4, -0.2) is 21.9 Å². The fourth-order valence-electron chi connectivity index (χ4n) is 2.59. The summed E-state index contributed by atoms with van der Waals surface area (Å²) in [7, 11) is 0. The van der Waals surface area contributed by atoms with Crippen molar-refractivity contribution in [1.29, 1.82) is 0 Å². The van der Waals surface area contributed by atoms with Gasteiger partial charge < -0.3 is 9.15 Å². The van der Waals surface area contributed by atoms with Crippen molar-refractivity contribution in [2.24, 2.45) is 0 Å². The van der Waals surface area contributed by atoms with Crippen LogP contribution in [0, 0.1) is 0 Å². The van der Waals surface area contributed by atoms with E-state index in [0.29, 0.717) is 5.89 Å². The Morgan fingerprint density at radius 2 is 1.70 bits per heavy atom. The molecule has 27 heavy (non-hydrogen) atoms. The molecule has 6 heteroatoms. The van der Waals surface area contributed by atoms with E-state index in [1.54, 1.807) is 0 Å². The number of thioether (sulfide) groups is 1. The van der Waals surface area contributed by atoms with E-state index in [1.807, 2.05) is 54.6 Å². The summed E-state index contributed by atoms with van der Waals surface area (Å²) < 4.78 is 10.8. The minimum Gasteiger partial charge on any atom is -0.455 e. The van der Waals surface area contributed by atoms with E-state index in [2.05, 4.69) is 28.4 Å². The maximum absolute atomic E-state index is 12.0. The Morgan fingerprint density at radius 3 is 2.56 bits per heavy atom. The Bertz CT molecular complexity index is 1060. The highest BCUT2D eigenvalue weighted by molar-refractivity contribution is 8.00. The van der Waals surface area contributed by atoms with E-state index in [9.17, 15) is 4.79 Å². The number of esters is 1. The largest absolute Gasteiger partial charge is 0.455 e. The van der Waals surface area contributed by atoms with Gasteiger partial charge in [0.25, 0.3) is 5.89 Å². The average Bonchev–Trinajstić information content (AvgIpc) is 3.20. The normalized spacial score (nSPS) is 10.8. The standard InChI is InChI=1S/C21H16N2O3S/c24-20(14-27-18-11-10-15-6-4-5-9-17(15)12-18)25-13-19-22-23-21(26-19)16-7-2-1-3-8-16/h1-12H,13-14H2. The van der Waals surface area contributed by atoms with E-state index >= 15 is 0 Å². The Balaban J connectivity index is 1.30. The number of carbonyl (C=O) groups is 1. The summed E-state index contributed by atoms with van der Waals surface area (Å²) in [6.45, 7) is -0.0308. The zero-order valence-electron chi connectivity index (χ0n) is 14.4. The second-order valence-corrected chi connectivity index (χ2v) is 6.87. The number of fused-ring (bicyclic) bond motifs is 1. The van der Waals surface area contributed by atoms with Gasteiger partial charge in [-0.2, -0.15) is 0 Å². The van der Waals surface area contributed by atoms with Gasteiger partial charge in [-0.25, -0.2) is 0 Å². The number of hydrogen-bond acceptors (Lipinski definition) is 6. The predicted molar refractivity (Wildman–Crippen MR) is 104 cm³/mol. The van der Waals surface area contributed by atoms with Crippen LogP contribution in [0.15, 0.2) is 82.1 Å². The van der Waals surface area contributed by atoms with Crippen molar-refractivity contribution in [1.82, 2.24) is 10.2 Å². The molecule has 0 atom stereocenters. The number of benzene rings is 3. The molecule has 4 aromatic rings. The molecular formula is C21H16N2O3S. The molecule has 0 unspecified atom stereocenters. The van der Waals surface area contributed by atoms with Gasteiger partial charge in [0.2, 0.25) is 5.89 Å². The summed E-state index contributed by atoms with van der Waals surface area (Å²) in [5.41, 5.74) is 0.828. The molecule has 0 fully saturated rings. The molecule has 4 rings (SSSR count). The smallest absolute Gasteiger partial charge is 0.316 e. The van der Waals surface area contributed by atoms with Crippen molar-refractivity contribution >= 4 is 28.5 Å². The van der Waals surface area contributed by atoms with Crippen molar-refractivity contribution in [3.05, 3.63) is 78.7 Å². The van der Waals surface area contributed by atoms with Crippen molar-refractivity contribution in [2.45, 2.75) is 11.5 Å². The second kappa shape index (κ2) is 8.05. The zero-order valence-corrected chi connectivity index (χ0v) is 15.2. The highest BCUT2D eigenvalue weighted by atomic mass is 32.2. The summed E-state index contributed by atoms with van der Waals surface area (Å²) in [5, 5.41) is 10.2. The average molecular weight is 376 g/mol. The molecular weight excluding hydrogens is 360 g/mol. The lowest BCUT2D eigenvalue weighted by Gasteiger charge is -2.04. The number of carbonyl (C=O) groups excluding carboxylic acids is 1. The quantitative estimate of drug-likeness (QED) is 0.358. The maximum Gasteiger partial charge on any atom is 0.316 e. The predicted octanol–water partition coefficient (Wildman–Crippen LogP) is 4.73. The van der Waals surface area contributed by atoms with E-state index in [4.69, 9.17) is 9.15 Å². The van der Waals surface area contributed by atoms with Gasteiger partial charge in [-0.3, -0.25) is 4.79 Å². The molecule has 0 N–H and O–H groups in total. The van der Waals surface area contributed by atoms with Crippen LogP contribution in [0.2, 0.25) is 0 Å². The van der Waals surface area contributed by atoms with E-state index in [0.717, 1.165) is 15.8 Å². The Kier molecular flexibility index (Phi) is 5.16. The van der Waals surface area contributed by atoms with Gasteiger partial charge >= 0.3 is 5.97 Å². The first-order valence-electron chi connectivity index (χ1n) is 8.43. The molecule has 1 aromatic heterocycles. The number of nitrogens with zero attached hydrogens (tertiary/aromatic N) is 2. The van der Waals surface area contributed by atoms with Crippen molar-refractivity contribution < 1.29 is 13.9 Å². The van der Waals surface area contributed by atoms with Gasteiger partial charge in [-0.15, -0.1) is 22.0 Å².